The Kier molecular flexibility index (Phi) is 4.26. The van der Waals surface area contributed by atoms with Gasteiger partial charge in [0.25, 0.3) is 0 Å². The number of rotatable bonds is 3. The van der Waals surface area contributed by atoms with E-state index in [9.17, 15) is 5.11 Å². The van der Waals surface area contributed by atoms with Crippen molar-refractivity contribution in [2.24, 2.45) is 5.41 Å². The van der Waals surface area contributed by atoms with Crippen LogP contribution in [0.25, 0.3) is 0 Å². The zero-order chi connectivity index (χ0) is 14.1. The van der Waals surface area contributed by atoms with Crippen molar-refractivity contribution in [1.82, 2.24) is 5.32 Å². The molecule has 2 N–H and O–H groups in total. The SMILES string of the molecule is CC1(C)CCC(O)(CNC2COC(C)(C)OC2)CC1. The van der Waals surface area contributed by atoms with Crippen LogP contribution in [0.4, 0.5) is 0 Å². The maximum absolute atomic E-state index is 10.6. The van der Waals surface area contributed by atoms with E-state index in [1.54, 1.807) is 0 Å². The van der Waals surface area contributed by atoms with E-state index in [-0.39, 0.29) is 6.04 Å². The predicted molar refractivity (Wildman–Crippen MR) is 75.0 cm³/mol. The summed E-state index contributed by atoms with van der Waals surface area (Å²) in [5.74, 6) is -0.468. The molecule has 2 rings (SSSR count). The molecule has 1 saturated heterocycles. The van der Waals surface area contributed by atoms with Crippen LogP contribution in [0.1, 0.15) is 53.4 Å². The van der Waals surface area contributed by atoms with Crippen molar-refractivity contribution in [2.75, 3.05) is 19.8 Å². The van der Waals surface area contributed by atoms with Crippen LogP contribution in [0.3, 0.4) is 0 Å². The predicted octanol–water partition coefficient (Wildman–Crippen LogP) is 2.06. The number of hydrogen-bond acceptors (Lipinski definition) is 4. The average Bonchev–Trinajstić information content (AvgIpc) is 2.33. The molecule has 1 aliphatic heterocycles. The Labute approximate surface area is 116 Å². The lowest BCUT2D eigenvalue weighted by Crippen LogP contribution is -2.53. The molecule has 0 amide bonds. The van der Waals surface area contributed by atoms with E-state index in [1.807, 2.05) is 13.8 Å². The van der Waals surface area contributed by atoms with Gasteiger partial charge in [0.15, 0.2) is 5.79 Å². The van der Waals surface area contributed by atoms with E-state index in [1.165, 1.54) is 0 Å². The van der Waals surface area contributed by atoms with Crippen molar-refractivity contribution in [3.05, 3.63) is 0 Å². The van der Waals surface area contributed by atoms with E-state index < -0.39 is 11.4 Å². The fourth-order valence-corrected chi connectivity index (χ4v) is 2.71. The highest BCUT2D eigenvalue weighted by Gasteiger charge is 2.37. The Hall–Kier alpha value is -0.160. The summed E-state index contributed by atoms with van der Waals surface area (Å²) >= 11 is 0. The Morgan fingerprint density at radius 2 is 1.53 bits per heavy atom. The van der Waals surface area contributed by atoms with E-state index in [4.69, 9.17) is 9.47 Å². The van der Waals surface area contributed by atoms with Crippen molar-refractivity contribution in [3.63, 3.8) is 0 Å². The largest absolute Gasteiger partial charge is 0.389 e. The lowest BCUT2D eigenvalue weighted by molar-refractivity contribution is -0.253. The van der Waals surface area contributed by atoms with Crippen molar-refractivity contribution >= 4 is 0 Å². The summed E-state index contributed by atoms with van der Waals surface area (Å²) in [6, 6.07) is 0.187. The molecule has 1 saturated carbocycles. The van der Waals surface area contributed by atoms with Gasteiger partial charge in [0.05, 0.1) is 24.9 Å². The zero-order valence-electron chi connectivity index (χ0n) is 12.8. The third-order valence-corrected chi connectivity index (χ3v) is 4.52. The van der Waals surface area contributed by atoms with Crippen molar-refractivity contribution in [3.8, 4) is 0 Å². The molecule has 2 aliphatic rings. The number of aliphatic hydroxyl groups is 1. The van der Waals surface area contributed by atoms with Crippen LogP contribution in [0, 0.1) is 5.41 Å². The van der Waals surface area contributed by atoms with E-state index in [0.717, 1.165) is 25.7 Å². The topological polar surface area (TPSA) is 50.7 Å². The maximum atomic E-state index is 10.6. The smallest absolute Gasteiger partial charge is 0.162 e. The van der Waals surface area contributed by atoms with Crippen LogP contribution in [-0.4, -0.2) is 42.3 Å². The van der Waals surface area contributed by atoms with Crippen LogP contribution in [0.15, 0.2) is 0 Å². The first-order chi connectivity index (χ1) is 8.70. The second-order valence-electron chi connectivity index (χ2n) is 7.49. The van der Waals surface area contributed by atoms with Crippen LogP contribution < -0.4 is 5.32 Å². The zero-order valence-corrected chi connectivity index (χ0v) is 12.8. The molecule has 1 heterocycles. The van der Waals surface area contributed by atoms with Gasteiger partial charge >= 0.3 is 0 Å². The van der Waals surface area contributed by atoms with Gasteiger partial charge in [0, 0.05) is 6.54 Å². The summed E-state index contributed by atoms with van der Waals surface area (Å²) in [5.41, 5.74) is -0.171. The third kappa shape index (κ3) is 4.42. The van der Waals surface area contributed by atoms with Crippen LogP contribution in [0.2, 0.25) is 0 Å². The molecule has 0 aromatic rings. The highest BCUT2D eigenvalue weighted by atomic mass is 16.7. The Morgan fingerprint density at radius 1 is 1.00 bits per heavy atom. The molecule has 4 nitrogen and oxygen atoms in total. The van der Waals surface area contributed by atoms with Gasteiger partial charge < -0.3 is 19.9 Å². The van der Waals surface area contributed by atoms with Gasteiger partial charge in [0.2, 0.25) is 0 Å². The molecule has 0 atom stereocenters. The molecule has 2 fully saturated rings. The normalized spacial score (nSPS) is 30.2. The van der Waals surface area contributed by atoms with Crippen molar-refractivity contribution in [1.29, 1.82) is 0 Å². The average molecular weight is 271 g/mol. The monoisotopic (exact) mass is 271 g/mol. The maximum Gasteiger partial charge on any atom is 0.162 e. The van der Waals surface area contributed by atoms with Crippen molar-refractivity contribution in [2.45, 2.75) is 70.8 Å². The van der Waals surface area contributed by atoms with Crippen LogP contribution >= 0.6 is 0 Å². The fraction of sp³-hybridized carbons (Fsp3) is 1.00. The molecule has 0 spiro atoms. The minimum atomic E-state index is -0.553. The minimum Gasteiger partial charge on any atom is -0.389 e. The summed E-state index contributed by atoms with van der Waals surface area (Å²) in [6.45, 7) is 10.4. The van der Waals surface area contributed by atoms with E-state index in [0.29, 0.717) is 25.2 Å². The molecular formula is C15H29NO3. The lowest BCUT2D eigenvalue weighted by atomic mass is 9.71. The standard InChI is InChI=1S/C15H29NO3/c1-13(2)5-7-15(17,8-6-13)11-16-12-9-18-14(3,4)19-10-12/h12,16-17H,5-11H2,1-4H3. The molecule has 112 valence electrons. The van der Waals surface area contributed by atoms with Crippen LogP contribution in [0.5, 0.6) is 0 Å². The molecule has 0 aromatic carbocycles. The molecule has 0 unspecified atom stereocenters. The second kappa shape index (κ2) is 5.32. The first kappa shape index (κ1) is 15.2. The Bertz CT molecular complexity index is 295. The molecule has 4 heteroatoms. The summed E-state index contributed by atoms with van der Waals surface area (Å²) < 4.78 is 11.2. The number of hydrogen-bond donors (Lipinski definition) is 2. The van der Waals surface area contributed by atoms with Gasteiger partial charge in [-0.1, -0.05) is 13.8 Å². The molecule has 0 bridgehead atoms. The fourth-order valence-electron chi connectivity index (χ4n) is 2.71. The molecular weight excluding hydrogens is 242 g/mol. The first-order valence-electron chi connectivity index (χ1n) is 7.44. The van der Waals surface area contributed by atoms with Crippen LogP contribution in [-0.2, 0) is 9.47 Å². The summed E-state index contributed by atoms with van der Waals surface area (Å²) in [5, 5.41) is 14.0. The molecule has 0 aromatic heterocycles. The molecule has 1 aliphatic carbocycles. The Balaban J connectivity index is 1.74. The quantitative estimate of drug-likeness (QED) is 0.825. The summed E-state index contributed by atoms with van der Waals surface area (Å²) in [6.07, 6.45) is 3.95. The summed E-state index contributed by atoms with van der Waals surface area (Å²) in [7, 11) is 0. The summed E-state index contributed by atoms with van der Waals surface area (Å²) in [4.78, 5) is 0. The van der Waals surface area contributed by atoms with Crippen molar-refractivity contribution < 1.29 is 14.6 Å². The number of nitrogens with one attached hydrogen (secondary N) is 1. The third-order valence-electron chi connectivity index (χ3n) is 4.52. The Morgan fingerprint density at radius 3 is 2.05 bits per heavy atom. The van der Waals surface area contributed by atoms with E-state index in [2.05, 4.69) is 19.2 Å². The minimum absolute atomic E-state index is 0.187. The molecule has 0 radical (unpaired) electrons. The number of ether oxygens (including phenoxy) is 2. The van der Waals surface area contributed by atoms with Gasteiger partial charge in [-0.25, -0.2) is 0 Å². The highest BCUT2D eigenvalue weighted by molar-refractivity contribution is 4.91. The highest BCUT2D eigenvalue weighted by Crippen LogP contribution is 2.39. The first-order valence-corrected chi connectivity index (χ1v) is 7.44. The van der Waals surface area contributed by atoms with E-state index >= 15 is 0 Å². The molecule has 19 heavy (non-hydrogen) atoms. The van der Waals surface area contributed by atoms with Gasteiger partial charge in [-0.05, 0) is 44.9 Å². The van der Waals surface area contributed by atoms with Gasteiger partial charge in [-0.15, -0.1) is 0 Å². The second-order valence-corrected chi connectivity index (χ2v) is 7.49. The van der Waals surface area contributed by atoms with Gasteiger partial charge in [-0.2, -0.15) is 0 Å². The lowest BCUT2D eigenvalue weighted by Gasteiger charge is -2.42. The van der Waals surface area contributed by atoms with Gasteiger partial charge in [0.1, 0.15) is 0 Å². The van der Waals surface area contributed by atoms with Gasteiger partial charge in [-0.3, -0.25) is 0 Å².